The van der Waals surface area contributed by atoms with Gasteiger partial charge in [0.2, 0.25) is 0 Å². The number of hydrogen-bond acceptors (Lipinski definition) is 2. The van der Waals surface area contributed by atoms with Crippen molar-refractivity contribution < 1.29 is 10.2 Å². The molecule has 2 atom stereocenters. The van der Waals surface area contributed by atoms with Crippen LogP contribution in [-0.2, 0) is 0 Å². The van der Waals surface area contributed by atoms with Gasteiger partial charge in [-0.25, -0.2) is 0 Å². The molecule has 1 unspecified atom stereocenters. The van der Waals surface area contributed by atoms with Gasteiger partial charge in [0.1, 0.15) is 6.10 Å². The summed E-state index contributed by atoms with van der Waals surface area (Å²) >= 11 is 11.7. The fraction of sp³-hybridized carbons (Fsp3) is 0.500. The Bertz CT molecular complexity index is 342. The molecule has 0 heterocycles. The van der Waals surface area contributed by atoms with Crippen molar-refractivity contribution in [1.82, 2.24) is 0 Å². The number of halogens is 2. The van der Waals surface area contributed by atoms with Crippen LogP contribution in [0, 0.1) is 0 Å². The maximum absolute atomic E-state index is 9.91. The third-order valence-electron chi connectivity index (χ3n) is 2.50. The van der Waals surface area contributed by atoms with Gasteiger partial charge in [-0.15, -0.1) is 0 Å². The summed E-state index contributed by atoms with van der Waals surface area (Å²) in [5.74, 6) is 0. The van der Waals surface area contributed by atoms with Gasteiger partial charge in [0.25, 0.3) is 0 Å². The van der Waals surface area contributed by atoms with Crippen molar-refractivity contribution in [3.63, 3.8) is 0 Å². The van der Waals surface area contributed by atoms with Crippen LogP contribution in [-0.4, -0.2) is 16.3 Å². The Morgan fingerprint density at radius 1 is 1.25 bits per heavy atom. The molecule has 1 rings (SSSR count). The quantitative estimate of drug-likeness (QED) is 0.852. The zero-order chi connectivity index (χ0) is 12.1. The lowest BCUT2D eigenvalue weighted by atomic mass is 10.0. The van der Waals surface area contributed by atoms with E-state index in [-0.39, 0.29) is 0 Å². The minimum absolute atomic E-state index is 0.385. The Morgan fingerprint density at radius 3 is 2.50 bits per heavy atom. The average Bonchev–Trinajstić information content (AvgIpc) is 2.25. The molecule has 1 aromatic carbocycles. The number of unbranched alkanes of at least 4 members (excludes halogenated alkanes) is 1. The summed E-state index contributed by atoms with van der Waals surface area (Å²) < 4.78 is 0. The van der Waals surface area contributed by atoms with Crippen molar-refractivity contribution >= 4 is 23.2 Å². The molecule has 0 saturated carbocycles. The Morgan fingerprint density at radius 2 is 1.94 bits per heavy atom. The molecule has 0 amide bonds. The van der Waals surface area contributed by atoms with E-state index in [0.717, 1.165) is 12.8 Å². The largest absolute Gasteiger partial charge is 0.390 e. The highest BCUT2D eigenvalue weighted by Gasteiger charge is 2.20. The summed E-state index contributed by atoms with van der Waals surface area (Å²) in [6.07, 6.45) is 0.702. The van der Waals surface area contributed by atoms with E-state index in [0.29, 0.717) is 22.0 Å². The minimum atomic E-state index is -0.948. The number of aliphatic hydroxyl groups excluding tert-OH is 2. The number of aliphatic hydroxyl groups is 2. The molecule has 0 spiro atoms. The molecule has 0 aliphatic heterocycles. The van der Waals surface area contributed by atoms with Crippen LogP contribution in [0.15, 0.2) is 18.2 Å². The maximum Gasteiger partial charge on any atom is 0.106 e. The minimum Gasteiger partial charge on any atom is -0.390 e. The zero-order valence-corrected chi connectivity index (χ0v) is 10.7. The van der Waals surface area contributed by atoms with E-state index in [2.05, 4.69) is 0 Å². The van der Waals surface area contributed by atoms with Gasteiger partial charge in [0.15, 0.2) is 0 Å². The SMILES string of the molecule is CCCCC(O)[C@H](O)c1ccc(Cl)cc1Cl. The summed E-state index contributed by atoms with van der Waals surface area (Å²) in [4.78, 5) is 0. The standard InChI is InChI=1S/C12H16Cl2O2/c1-2-3-4-11(15)12(16)9-6-5-8(13)7-10(9)14/h5-7,11-12,15-16H,2-4H2,1H3/t11?,12-/m1/s1. The van der Waals surface area contributed by atoms with Gasteiger partial charge in [-0.2, -0.15) is 0 Å². The van der Waals surface area contributed by atoms with Crippen LogP contribution in [0.5, 0.6) is 0 Å². The average molecular weight is 263 g/mol. The second kappa shape index (κ2) is 6.45. The third-order valence-corrected chi connectivity index (χ3v) is 3.06. The first-order valence-corrected chi connectivity index (χ1v) is 6.13. The zero-order valence-electron chi connectivity index (χ0n) is 9.16. The lowest BCUT2D eigenvalue weighted by Gasteiger charge is -2.19. The first-order valence-electron chi connectivity index (χ1n) is 5.37. The molecule has 0 aliphatic carbocycles. The summed E-state index contributed by atoms with van der Waals surface area (Å²) in [7, 11) is 0. The lowest BCUT2D eigenvalue weighted by molar-refractivity contribution is 0.0123. The van der Waals surface area contributed by atoms with Gasteiger partial charge in [-0.05, 0) is 18.6 Å². The lowest BCUT2D eigenvalue weighted by Crippen LogP contribution is -2.18. The topological polar surface area (TPSA) is 40.5 Å². The van der Waals surface area contributed by atoms with Crippen LogP contribution < -0.4 is 0 Å². The van der Waals surface area contributed by atoms with Crippen molar-refractivity contribution in [1.29, 1.82) is 0 Å². The first-order chi connectivity index (χ1) is 7.56. The second-order valence-electron chi connectivity index (χ2n) is 3.82. The van der Waals surface area contributed by atoms with Crippen molar-refractivity contribution in [3.8, 4) is 0 Å². The summed E-state index contributed by atoms with van der Waals surface area (Å²) in [5.41, 5.74) is 0.523. The van der Waals surface area contributed by atoms with Gasteiger partial charge >= 0.3 is 0 Å². The molecule has 0 radical (unpaired) electrons. The number of hydrogen-bond donors (Lipinski definition) is 2. The third kappa shape index (κ3) is 3.63. The first kappa shape index (κ1) is 13.8. The molecule has 0 aromatic heterocycles. The van der Waals surface area contributed by atoms with Gasteiger partial charge in [0, 0.05) is 15.6 Å². The number of benzene rings is 1. The molecule has 2 N–H and O–H groups in total. The maximum atomic E-state index is 9.91. The molecule has 1 aromatic rings. The van der Waals surface area contributed by atoms with Crippen molar-refractivity contribution in [3.05, 3.63) is 33.8 Å². The van der Waals surface area contributed by atoms with E-state index in [9.17, 15) is 10.2 Å². The van der Waals surface area contributed by atoms with Crippen molar-refractivity contribution in [2.75, 3.05) is 0 Å². The molecule has 0 aliphatic rings. The second-order valence-corrected chi connectivity index (χ2v) is 4.66. The van der Waals surface area contributed by atoms with Crippen molar-refractivity contribution in [2.45, 2.75) is 38.4 Å². The van der Waals surface area contributed by atoms with E-state index < -0.39 is 12.2 Å². The van der Waals surface area contributed by atoms with Crippen LogP contribution in [0.2, 0.25) is 10.0 Å². The van der Waals surface area contributed by atoms with Crippen LogP contribution in [0.25, 0.3) is 0 Å². The molecule has 2 nitrogen and oxygen atoms in total. The van der Waals surface area contributed by atoms with Crippen LogP contribution in [0.1, 0.15) is 37.9 Å². The number of rotatable bonds is 5. The Balaban J connectivity index is 2.75. The fourth-order valence-electron chi connectivity index (χ4n) is 1.52. The molecule has 0 saturated heterocycles. The van der Waals surface area contributed by atoms with Crippen LogP contribution in [0.4, 0.5) is 0 Å². The summed E-state index contributed by atoms with van der Waals surface area (Å²) in [6, 6.07) is 4.86. The molecule has 16 heavy (non-hydrogen) atoms. The molecule has 90 valence electrons. The fourth-order valence-corrected chi connectivity index (χ4v) is 2.04. The predicted molar refractivity (Wildman–Crippen MR) is 67.0 cm³/mol. The molecule has 0 fully saturated rings. The molecular weight excluding hydrogens is 247 g/mol. The van der Waals surface area contributed by atoms with E-state index in [4.69, 9.17) is 23.2 Å². The van der Waals surface area contributed by atoms with E-state index in [1.165, 1.54) is 0 Å². The van der Waals surface area contributed by atoms with Crippen LogP contribution >= 0.6 is 23.2 Å². The van der Waals surface area contributed by atoms with Gasteiger partial charge in [0.05, 0.1) is 6.10 Å². The highest BCUT2D eigenvalue weighted by molar-refractivity contribution is 6.35. The van der Waals surface area contributed by atoms with Crippen LogP contribution in [0.3, 0.4) is 0 Å². The Kier molecular flexibility index (Phi) is 5.56. The molecule has 0 bridgehead atoms. The van der Waals surface area contributed by atoms with Gasteiger partial charge in [-0.3, -0.25) is 0 Å². The predicted octanol–water partition coefficient (Wildman–Crippen LogP) is 3.58. The van der Waals surface area contributed by atoms with E-state index >= 15 is 0 Å². The Hall–Kier alpha value is -0.280. The monoisotopic (exact) mass is 262 g/mol. The van der Waals surface area contributed by atoms with Crippen molar-refractivity contribution in [2.24, 2.45) is 0 Å². The smallest absolute Gasteiger partial charge is 0.106 e. The normalized spacial score (nSPS) is 14.8. The molecule has 4 heteroatoms. The van der Waals surface area contributed by atoms with Gasteiger partial charge in [-0.1, -0.05) is 49.0 Å². The van der Waals surface area contributed by atoms with Gasteiger partial charge < -0.3 is 10.2 Å². The molecular formula is C12H16Cl2O2. The highest BCUT2D eigenvalue weighted by Crippen LogP contribution is 2.29. The summed E-state index contributed by atoms with van der Waals surface area (Å²) in [5, 5.41) is 20.6. The van der Waals surface area contributed by atoms with E-state index in [1.807, 2.05) is 6.92 Å². The summed E-state index contributed by atoms with van der Waals surface area (Å²) in [6.45, 7) is 2.04. The Labute approximate surface area is 106 Å². The van der Waals surface area contributed by atoms with E-state index in [1.54, 1.807) is 18.2 Å². The highest BCUT2D eigenvalue weighted by atomic mass is 35.5.